The molecule has 43 heavy (non-hydrogen) atoms. The maximum atomic E-state index is 13.8. The van der Waals surface area contributed by atoms with Gasteiger partial charge in [-0.3, -0.25) is 14.4 Å². The molecule has 0 fully saturated rings. The number of oxazole rings is 1. The van der Waals surface area contributed by atoms with E-state index in [0.717, 1.165) is 16.0 Å². The van der Waals surface area contributed by atoms with E-state index in [1.807, 2.05) is 41.8 Å². The maximum Gasteiger partial charge on any atom is 0.317 e. The number of rotatable bonds is 8. The van der Waals surface area contributed by atoms with E-state index >= 15 is 0 Å². The molecule has 0 aliphatic rings. The van der Waals surface area contributed by atoms with Gasteiger partial charge in [-0.1, -0.05) is 47.7 Å². The fourth-order valence-electron chi connectivity index (χ4n) is 4.20. The molecule has 1 aromatic carbocycles. The summed E-state index contributed by atoms with van der Waals surface area (Å²) in [6.45, 7) is 0.230. The number of hydrogen-bond acceptors (Lipinski definition) is 9. The Hall–Kier alpha value is -5.02. The van der Waals surface area contributed by atoms with E-state index in [-0.39, 0.29) is 23.7 Å². The van der Waals surface area contributed by atoms with Crippen LogP contribution in [0.1, 0.15) is 36.2 Å². The van der Waals surface area contributed by atoms with Crippen LogP contribution in [0.2, 0.25) is 4.34 Å². The van der Waals surface area contributed by atoms with Gasteiger partial charge in [-0.25, -0.2) is 4.98 Å². The first kappa shape index (κ1) is 28.1. The van der Waals surface area contributed by atoms with Crippen LogP contribution in [0, 0.1) is 11.8 Å². The van der Waals surface area contributed by atoms with Crippen molar-refractivity contribution in [2.45, 2.75) is 13.1 Å². The number of hydrogen-bond donors (Lipinski definition) is 1. The van der Waals surface area contributed by atoms with Gasteiger partial charge in [0.1, 0.15) is 5.82 Å². The smallest absolute Gasteiger partial charge is 0.317 e. The molecule has 0 spiro atoms. The third kappa shape index (κ3) is 6.27. The molecule has 5 heterocycles. The van der Waals surface area contributed by atoms with Gasteiger partial charge in [-0.05, 0) is 41.8 Å². The fourth-order valence-corrected chi connectivity index (χ4v) is 5.89. The van der Waals surface area contributed by atoms with E-state index in [2.05, 4.69) is 27.2 Å². The minimum atomic E-state index is -0.553. The second-order valence-corrected chi connectivity index (χ2v) is 11.9. The Labute approximate surface area is 258 Å². The molecule has 0 amide bonds. The van der Waals surface area contributed by atoms with Crippen LogP contribution in [-0.2, 0) is 13.1 Å². The van der Waals surface area contributed by atoms with Gasteiger partial charge >= 0.3 is 5.91 Å². The SMILES string of the molecule is O=C(Cn1ccc(-c2cc(NCc3ccc(Cl)s3)n(C(=O)c3cnco3)n2)c(C#Cc2ccccc2)c1=O)c1cccs1. The molecular formula is C31H20ClN5O4S2. The Morgan fingerprint density at radius 2 is 1.91 bits per heavy atom. The molecule has 0 saturated carbocycles. The number of thiophene rings is 2. The second kappa shape index (κ2) is 12.5. The zero-order valence-corrected chi connectivity index (χ0v) is 24.6. The highest BCUT2D eigenvalue weighted by Crippen LogP contribution is 2.27. The highest BCUT2D eigenvalue weighted by molar-refractivity contribution is 7.16. The summed E-state index contributed by atoms with van der Waals surface area (Å²) in [5, 5.41) is 9.59. The predicted octanol–water partition coefficient (Wildman–Crippen LogP) is 6.06. The molecule has 212 valence electrons. The number of aromatic nitrogens is 4. The minimum Gasteiger partial charge on any atom is -0.438 e. The average molecular weight is 626 g/mol. The van der Waals surface area contributed by atoms with Gasteiger partial charge < -0.3 is 14.3 Å². The number of anilines is 1. The molecule has 0 aliphatic heterocycles. The molecule has 9 nitrogen and oxygen atoms in total. The topological polar surface area (TPSA) is 112 Å². The van der Waals surface area contributed by atoms with Crippen molar-refractivity contribution >= 4 is 51.8 Å². The lowest BCUT2D eigenvalue weighted by molar-refractivity contribution is 0.0919. The van der Waals surface area contributed by atoms with E-state index < -0.39 is 11.5 Å². The van der Waals surface area contributed by atoms with Crippen LogP contribution in [0.25, 0.3) is 11.3 Å². The van der Waals surface area contributed by atoms with E-state index in [4.69, 9.17) is 16.0 Å². The number of carbonyl (C=O) groups is 2. The van der Waals surface area contributed by atoms with E-state index in [9.17, 15) is 14.4 Å². The second-order valence-electron chi connectivity index (χ2n) is 9.11. The summed E-state index contributed by atoms with van der Waals surface area (Å²) < 4.78 is 8.36. The quantitative estimate of drug-likeness (QED) is 0.162. The summed E-state index contributed by atoms with van der Waals surface area (Å²) in [5.41, 5.74) is 1.12. The average Bonchev–Trinajstić information content (AvgIpc) is 3.84. The van der Waals surface area contributed by atoms with Crippen LogP contribution >= 0.6 is 34.3 Å². The Balaban J connectivity index is 1.44. The molecule has 5 aromatic heterocycles. The van der Waals surface area contributed by atoms with E-state index in [1.54, 1.807) is 30.3 Å². The van der Waals surface area contributed by atoms with Crippen molar-refractivity contribution in [3.8, 4) is 23.1 Å². The number of benzene rings is 1. The van der Waals surface area contributed by atoms with Gasteiger partial charge in [0, 0.05) is 28.3 Å². The molecule has 0 atom stereocenters. The number of carbonyl (C=O) groups excluding carboxylic acids is 2. The Bertz CT molecular complexity index is 2030. The minimum absolute atomic E-state index is 0.0107. The maximum absolute atomic E-state index is 13.8. The Morgan fingerprint density at radius 3 is 2.63 bits per heavy atom. The molecular weight excluding hydrogens is 606 g/mol. The molecule has 0 radical (unpaired) electrons. The van der Waals surface area contributed by atoms with Gasteiger partial charge in [-0.15, -0.1) is 22.7 Å². The summed E-state index contributed by atoms with van der Waals surface area (Å²) in [5.74, 6) is 5.65. The Morgan fingerprint density at radius 1 is 1.05 bits per heavy atom. The zero-order chi connectivity index (χ0) is 29.8. The van der Waals surface area contributed by atoms with Gasteiger partial charge in [0.25, 0.3) is 5.56 Å². The highest BCUT2D eigenvalue weighted by Gasteiger charge is 2.22. The molecule has 12 heteroatoms. The number of halogens is 1. The van der Waals surface area contributed by atoms with Gasteiger partial charge in [0.05, 0.1) is 39.8 Å². The van der Waals surface area contributed by atoms with Crippen LogP contribution in [0.5, 0.6) is 0 Å². The van der Waals surface area contributed by atoms with Crippen LogP contribution < -0.4 is 10.9 Å². The summed E-state index contributed by atoms with van der Waals surface area (Å²) in [6, 6.07) is 19.8. The summed E-state index contributed by atoms with van der Waals surface area (Å²) in [6.07, 6.45) is 4.00. The van der Waals surface area contributed by atoms with Crippen LogP contribution in [0.4, 0.5) is 5.82 Å². The standard InChI is InChI=1S/C31H20ClN5O4S2/c32-28-11-9-21(43-28)16-34-29-15-24(35-37(29)31(40)26-17-33-19-41-26)22-12-13-36(18-25(38)27-7-4-14-42-27)30(39)23(22)10-8-20-5-2-1-3-6-20/h1-7,9,11-15,17,19,34H,16,18H2. The highest BCUT2D eigenvalue weighted by atomic mass is 35.5. The van der Waals surface area contributed by atoms with Crippen molar-refractivity contribution in [2.75, 3.05) is 5.32 Å². The number of nitrogens with zero attached hydrogens (tertiary/aromatic N) is 4. The van der Waals surface area contributed by atoms with Crippen molar-refractivity contribution in [2.24, 2.45) is 0 Å². The summed E-state index contributed by atoms with van der Waals surface area (Å²) >= 11 is 8.81. The molecule has 0 unspecified atom stereocenters. The van der Waals surface area contributed by atoms with Crippen molar-refractivity contribution < 1.29 is 14.0 Å². The lowest BCUT2D eigenvalue weighted by Crippen LogP contribution is -2.26. The van der Waals surface area contributed by atoms with Crippen molar-refractivity contribution in [1.29, 1.82) is 0 Å². The zero-order valence-electron chi connectivity index (χ0n) is 22.2. The van der Waals surface area contributed by atoms with Crippen LogP contribution in [0.15, 0.2) is 100 Å². The number of pyridine rings is 1. The van der Waals surface area contributed by atoms with Crippen molar-refractivity contribution in [3.05, 3.63) is 132 Å². The van der Waals surface area contributed by atoms with Crippen molar-refractivity contribution in [1.82, 2.24) is 19.3 Å². The monoisotopic (exact) mass is 625 g/mol. The summed E-state index contributed by atoms with van der Waals surface area (Å²) in [7, 11) is 0. The molecule has 6 rings (SSSR count). The van der Waals surface area contributed by atoms with Crippen LogP contribution in [0.3, 0.4) is 0 Å². The predicted molar refractivity (Wildman–Crippen MR) is 166 cm³/mol. The first-order chi connectivity index (χ1) is 21.0. The molecule has 6 aromatic rings. The molecule has 0 bridgehead atoms. The lowest BCUT2D eigenvalue weighted by Gasteiger charge is -2.08. The first-order valence-electron chi connectivity index (χ1n) is 12.8. The number of ketones is 1. The number of nitrogens with one attached hydrogen (secondary N) is 1. The van der Waals surface area contributed by atoms with Gasteiger partial charge in [0.15, 0.2) is 12.2 Å². The third-order valence-electron chi connectivity index (χ3n) is 6.27. The molecule has 0 saturated heterocycles. The number of Topliss-reactive ketones (excluding diaryl/α,β-unsaturated/α-hetero) is 1. The first-order valence-corrected chi connectivity index (χ1v) is 14.9. The van der Waals surface area contributed by atoms with E-state index in [1.165, 1.54) is 39.6 Å². The normalized spacial score (nSPS) is 10.7. The third-order valence-corrected chi connectivity index (χ3v) is 8.42. The lowest BCUT2D eigenvalue weighted by atomic mass is 10.1. The van der Waals surface area contributed by atoms with Gasteiger partial charge in [0.2, 0.25) is 5.76 Å². The molecule has 1 N–H and O–H groups in total. The van der Waals surface area contributed by atoms with Crippen LogP contribution in [-0.4, -0.2) is 31.0 Å². The molecule has 0 aliphatic carbocycles. The fraction of sp³-hybridized carbons (Fsp3) is 0.0645. The van der Waals surface area contributed by atoms with Gasteiger partial charge in [-0.2, -0.15) is 9.78 Å². The largest absolute Gasteiger partial charge is 0.438 e. The summed E-state index contributed by atoms with van der Waals surface area (Å²) in [4.78, 5) is 45.3. The van der Waals surface area contributed by atoms with Crippen molar-refractivity contribution in [3.63, 3.8) is 0 Å². The Kier molecular flexibility index (Phi) is 8.15. The van der Waals surface area contributed by atoms with E-state index in [0.29, 0.717) is 38.4 Å².